The highest BCUT2D eigenvalue weighted by Crippen LogP contribution is 2.16. The first-order chi connectivity index (χ1) is 5.45. The van der Waals surface area contributed by atoms with Crippen molar-refractivity contribution < 1.29 is 10.2 Å². The lowest BCUT2D eigenvalue weighted by Gasteiger charge is -1.96. The number of hydrogen-bond donors (Lipinski definition) is 1. The summed E-state index contributed by atoms with van der Waals surface area (Å²) < 4.78 is 5.13. The van der Waals surface area contributed by atoms with Crippen LogP contribution in [0.3, 0.4) is 0 Å². The summed E-state index contributed by atoms with van der Waals surface area (Å²) in [5, 5.41) is 0. The van der Waals surface area contributed by atoms with Gasteiger partial charge in [-0.15, -0.1) is 0 Å². The van der Waals surface area contributed by atoms with Crippen molar-refractivity contribution in [1.82, 2.24) is 6.15 Å². The predicted molar refractivity (Wildman–Crippen MR) is 52.4 cm³/mol. The van der Waals surface area contributed by atoms with Crippen molar-refractivity contribution in [3.63, 3.8) is 0 Å². The van der Waals surface area contributed by atoms with Gasteiger partial charge in [0, 0.05) is 0 Å². The van der Waals surface area contributed by atoms with Gasteiger partial charge in [0.05, 0.1) is 12.7 Å². The number of ether oxygens (including phenoxy) is 1. The van der Waals surface area contributed by atoms with E-state index in [9.17, 15) is 0 Å². The minimum Gasteiger partial charge on any atom is -0.870 e. The van der Waals surface area contributed by atoms with Gasteiger partial charge in [-0.25, -0.2) is 0 Å². The van der Waals surface area contributed by atoms with Gasteiger partial charge < -0.3 is 16.4 Å². The van der Waals surface area contributed by atoms with E-state index < -0.39 is 0 Å². The zero-order chi connectivity index (χ0) is 7.52. The second-order valence-electron chi connectivity index (χ2n) is 2.98. The molecule has 0 spiro atoms. The van der Waals surface area contributed by atoms with E-state index in [1.165, 1.54) is 12.0 Å². The SMILES string of the molecule is [NH4+].[OH-].c1ccc(CCC2CO2)cc1. The van der Waals surface area contributed by atoms with Crippen molar-refractivity contribution in [2.24, 2.45) is 0 Å². The first-order valence-electron chi connectivity index (χ1n) is 4.11. The maximum Gasteiger partial charge on any atom is 0.0813 e. The van der Waals surface area contributed by atoms with Gasteiger partial charge in [-0.1, -0.05) is 30.3 Å². The Hall–Kier alpha value is -0.900. The van der Waals surface area contributed by atoms with Gasteiger partial charge in [0.25, 0.3) is 0 Å². The molecule has 1 atom stereocenters. The second kappa shape index (κ2) is 5.70. The molecule has 74 valence electrons. The Morgan fingerprint density at radius 1 is 1.23 bits per heavy atom. The predicted octanol–water partition coefficient (Wildman–Crippen LogP) is 2.22. The number of hydrogen-bond acceptors (Lipinski definition) is 2. The molecule has 1 aromatic rings. The molecule has 1 saturated heterocycles. The molecule has 5 N–H and O–H groups in total. The molecule has 0 aliphatic carbocycles. The molecule has 1 aromatic carbocycles. The number of epoxide rings is 1. The molecule has 0 aromatic heterocycles. The van der Waals surface area contributed by atoms with Gasteiger partial charge in [0.2, 0.25) is 0 Å². The monoisotopic (exact) mass is 183 g/mol. The molecule has 2 rings (SSSR count). The summed E-state index contributed by atoms with van der Waals surface area (Å²) in [6.07, 6.45) is 2.91. The molecular weight excluding hydrogens is 166 g/mol. The first-order valence-corrected chi connectivity index (χ1v) is 4.11. The fourth-order valence-corrected chi connectivity index (χ4v) is 1.21. The highest BCUT2D eigenvalue weighted by atomic mass is 16.6. The van der Waals surface area contributed by atoms with E-state index in [0.717, 1.165) is 13.0 Å². The molecular formula is C10H17NO2. The molecule has 1 heterocycles. The highest BCUT2D eigenvalue weighted by Gasteiger charge is 2.21. The Morgan fingerprint density at radius 3 is 2.38 bits per heavy atom. The summed E-state index contributed by atoms with van der Waals surface area (Å²) in [5.74, 6) is 0. The van der Waals surface area contributed by atoms with Crippen molar-refractivity contribution in [2.75, 3.05) is 6.61 Å². The third kappa shape index (κ3) is 4.03. The van der Waals surface area contributed by atoms with Gasteiger partial charge >= 0.3 is 0 Å². The third-order valence-corrected chi connectivity index (χ3v) is 2.00. The number of quaternary nitrogens is 1. The lowest BCUT2D eigenvalue weighted by molar-refractivity contribution is 0.397. The van der Waals surface area contributed by atoms with Gasteiger partial charge in [0.1, 0.15) is 0 Å². The van der Waals surface area contributed by atoms with Crippen LogP contribution in [0.1, 0.15) is 12.0 Å². The number of aryl methyl sites for hydroxylation is 1. The normalized spacial score (nSPS) is 18.3. The Balaban J connectivity index is 0.000000720. The average molecular weight is 183 g/mol. The fourth-order valence-electron chi connectivity index (χ4n) is 1.21. The molecule has 13 heavy (non-hydrogen) atoms. The minimum absolute atomic E-state index is 0. The molecule has 1 aliphatic rings. The Bertz CT molecular complexity index is 222. The van der Waals surface area contributed by atoms with Crippen LogP contribution < -0.4 is 6.15 Å². The van der Waals surface area contributed by atoms with Crippen LogP contribution in [0.25, 0.3) is 0 Å². The number of benzene rings is 1. The van der Waals surface area contributed by atoms with E-state index >= 15 is 0 Å². The van der Waals surface area contributed by atoms with E-state index in [1.54, 1.807) is 0 Å². The molecule has 0 saturated carbocycles. The standard InChI is InChI=1S/C10H12O.H3N.H2O/c1-2-4-9(5-3-1)6-7-10-8-11-10;;/h1-5,10H,6-8H2;1H3;1H2. The van der Waals surface area contributed by atoms with Crippen molar-refractivity contribution in [2.45, 2.75) is 18.9 Å². The molecule has 1 unspecified atom stereocenters. The van der Waals surface area contributed by atoms with Gasteiger partial charge in [-0.3, -0.25) is 0 Å². The summed E-state index contributed by atoms with van der Waals surface area (Å²) in [6, 6.07) is 10.6. The van der Waals surface area contributed by atoms with Gasteiger partial charge in [-0.2, -0.15) is 0 Å². The van der Waals surface area contributed by atoms with Crippen LogP contribution in [-0.2, 0) is 11.2 Å². The first kappa shape index (κ1) is 12.1. The molecule has 3 nitrogen and oxygen atoms in total. The summed E-state index contributed by atoms with van der Waals surface area (Å²) in [4.78, 5) is 0. The van der Waals surface area contributed by atoms with E-state index in [4.69, 9.17) is 4.74 Å². The zero-order valence-electron chi connectivity index (χ0n) is 7.94. The average Bonchev–Trinajstić information content (AvgIpc) is 2.86. The highest BCUT2D eigenvalue weighted by molar-refractivity contribution is 5.14. The Labute approximate surface area is 78.6 Å². The second-order valence-corrected chi connectivity index (χ2v) is 2.98. The van der Waals surface area contributed by atoms with E-state index in [-0.39, 0.29) is 11.6 Å². The largest absolute Gasteiger partial charge is 0.870 e. The van der Waals surface area contributed by atoms with Crippen LogP contribution >= 0.6 is 0 Å². The van der Waals surface area contributed by atoms with Crippen LogP contribution in [0.4, 0.5) is 0 Å². The summed E-state index contributed by atoms with van der Waals surface area (Å²) in [7, 11) is 0. The van der Waals surface area contributed by atoms with E-state index in [0.29, 0.717) is 6.10 Å². The van der Waals surface area contributed by atoms with Crippen molar-refractivity contribution in [1.29, 1.82) is 0 Å². The summed E-state index contributed by atoms with van der Waals surface area (Å²) in [6.45, 7) is 0.979. The summed E-state index contributed by atoms with van der Waals surface area (Å²) in [5.41, 5.74) is 1.42. The van der Waals surface area contributed by atoms with Crippen molar-refractivity contribution in [3.8, 4) is 0 Å². The van der Waals surface area contributed by atoms with Crippen LogP contribution in [0.5, 0.6) is 0 Å². The molecule has 0 amide bonds. The fraction of sp³-hybridized carbons (Fsp3) is 0.400. The van der Waals surface area contributed by atoms with Crippen LogP contribution in [0, 0.1) is 0 Å². The third-order valence-electron chi connectivity index (χ3n) is 2.00. The summed E-state index contributed by atoms with van der Waals surface area (Å²) >= 11 is 0. The zero-order valence-corrected chi connectivity index (χ0v) is 7.94. The molecule has 3 heteroatoms. The van der Waals surface area contributed by atoms with E-state index in [1.807, 2.05) is 0 Å². The quantitative estimate of drug-likeness (QED) is 0.729. The van der Waals surface area contributed by atoms with Crippen LogP contribution in [-0.4, -0.2) is 18.2 Å². The minimum atomic E-state index is 0. The van der Waals surface area contributed by atoms with Crippen LogP contribution in [0.15, 0.2) is 30.3 Å². The smallest absolute Gasteiger partial charge is 0.0813 e. The molecule has 1 aliphatic heterocycles. The molecule has 1 fully saturated rings. The van der Waals surface area contributed by atoms with Crippen molar-refractivity contribution in [3.05, 3.63) is 35.9 Å². The van der Waals surface area contributed by atoms with Crippen molar-refractivity contribution >= 4 is 0 Å². The van der Waals surface area contributed by atoms with Gasteiger partial charge in [0.15, 0.2) is 0 Å². The van der Waals surface area contributed by atoms with Crippen LogP contribution in [0.2, 0.25) is 0 Å². The topological polar surface area (TPSA) is 79.0 Å². The Morgan fingerprint density at radius 2 is 1.85 bits per heavy atom. The van der Waals surface area contributed by atoms with E-state index in [2.05, 4.69) is 30.3 Å². The van der Waals surface area contributed by atoms with Gasteiger partial charge in [-0.05, 0) is 18.4 Å². The maximum atomic E-state index is 5.13. The molecule has 0 bridgehead atoms. The Kier molecular flexibility index (Phi) is 5.30. The maximum absolute atomic E-state index is 5.13. The lowest BCUT2D eigenvalue weighted by Crippen LogP contribution is -1.89. The lowest BCUT2D eigenvalue weighted by atomic mass is 10.1. The molecule has 0 radical (unpaired) electrons. The number of rotatable bonds is 3.